The van der Waals surface area contributed by atoms with Crippen LogP contribution in [0.15, 0.2) is 41.2 Å². The van der Waals surface area contributed by atoms with E-state index in [1.165, 1.54) is 0 Å². The second-order valence-electron chi connectivity index (χ2n) is 8.46. The van der Waals surface area contributed by atoms with Crippen LogP contribution in [0.4, 0.5) is 0 Å². The molecule has 1 N–H and O–H groups in total. The third kappa shape index (κ3) is 4.02. The van der Waals surface area contributed by atoms with Crippen molar-refractivity contribution in [3.63, 3.8) is 0 Å². The van der Waals surface area contributed by atoms with Gasteiger partial charge >= 0.3 is 0 Å². The van der Waals surface area contributed by atoms with Crippen LogP contribution < -0.4 is 20.3 Å². The average Bonchev–Trinajstić information content (AvgIpc) is 3.24. The Bertz CT molecular complexity index is 1080. The van der Waals surface area contributed by atoms with Gasteiger partial charge in [0.05, 0.1) is 0 Å². The Balaban J connectivity index is 1.12. The minimum absolute atomic E-state index is 0.000317. The molecule has 0 radical (unpaired) electrons. The zero-order valence-corrected chi connectivity index (χ0v) is 17.2. The number of hydrogen-bond acceptors (Lipinski definition) is 5. The fraction of sp³-hybridized carbons (Fsp3) is 0.435. The van der Waals surface area contributed by atoms with Crippen LogP contribution in [0.25, 0.3) is 0 Å². The molecule has 1 saturated heterocycles. The second kappa shape index (κ2) is 8.09. The summed E-state index contributed by atoms with van der Waals surface area (Å²) in [5.41, 5.74) is 1.97. The molecule has 3 aliphatic heterocycles. The molecule has 1 fully saturated rings. The maximum atomic E-state index is 12.8. The molecule has 0 saturated carbocycles. The molecule has 0 spiro atoms. The lowest BCUT2D eigenvalue weighted by molar-refractivity contribution is -0.136. The van der Waals surface area contributed by atoms with Crippen LogP contribution in [0, 0.1) is 5.92 Å². The number of piperidine rings is 1. The van der Waals surface area contributed by atoms with Crippen LogP contribution in [-0.4, -0.2) is 41.2 Å². The summed E-state index contributed by atoms with van der Waals surface area (Å²) in [4.78, 5) is 39.0. The van der Waals surface area contributed by atoms with E-state index >= 15 is 0 Å². The Labute approximate surface area is 179 Å². The lowest BCUT2D eigenvalue weighted by atomic mass is 9.83. The first-order valence-corrected chi connectivity index (χ1v) is 10.7. The topological polar surface area (TPSA) is 89.9 Å². The third-order valence-electron chi connectivity index (χ3n) is 6.33. The van der Waals surface area contributed by atoms with Crippen LogP contribution in [0.1, 0.15) is 36.4 Å². The molecule has 8 heteroatoms. The highest BCUT2D eigenvalue weighted by Crippen LogP contribution is 2.35. The van der Waals surface area contributed by atoms with E-state index in [1.807, 2.05) is 33.7 Å². The lowest BCUT2D eigenvalue weighted by Crippen LogP contribution is -2.49. The number of fused-ring (bicyclic) bond motifs is 5. The molecule has 2 aromatic rings. The van der Waals surface area contributed by atoms with E-state index in [0.29, 0.717) is 37.7 Å². The number of pyridine rings is 1. The van der Waals surface area contributed by atoms with Gasteiger partial charge in [0.2, 0.25) is 18.6 Å². The van der Waals surface area contributed by atoms with E-state index in [-0.39, 0.29) is 48.8 Å². The summed E-state index contributed by atoms with van der Waals surface area (Å²) in [6, 6.07) is 10.9. The van der Waals surface area contributed by atoms with Gasteiger partial charge in [0, 0.05) is 56.7 Å². The summed E-state index contributed by atoms with van der Waals surface area (Å²) in [7, 11) is 0. The Kier molecular flexibility index (Phi) is 5.13. The molecule has 2 bridgehead atoms. The number of aromatic nitrogens is 1. The largest absolute Gasteiger partial charge is 0.454 e. The quantitative estimate of drug-likeness (QED) is 0.789. The van der Waals surface area contributed by atoms with Crippen LogP contribution >= 0.6 is 0 Å². The standard InChI is InChI=1S/C23H25N3O5/c27-21(24-10-15-4-5-19-20(9-15)31-14-30-19)6-7-22(28)25-11-16-8-17(13-25)18-2-1-3-23(29)26(18)12-16/h1-5,9,16-17H,6-8,10-14H2,(H,24,27)/t16-,17+/m0/s1. The number of carbonyl (C=O) groups is 2. The number of likely N-dealkylation sites (tertiary alicyclic amines) is 1. The number of rotatable bonds is 5. The fourth-order valence-electron chi connectivity index (χ4n) is 4.82. The Morgan fingerprint density at radius 1 is 1.03 bits per heavy atom. The van der Waals surface area contributed by atoms with Gasteiger partial charge in [-0.2, -0.15) is 0 Å². The molecular formula is C23H25N3O5. The van der Waals surface area contributed by atoms with Crippen LogP contribution in [0.2, 0.25) is 0 Å². The van der Waals surface area contributed by atoms with E-state index in [0.717, 1.165) is 17.7 Å². The van der Waals surface area contributed by atoms with Crippen molar-refractivity contribution < 1.29 is 19.1 Å². The van der Waals surface area contributed by atoms with E-state index < -0.39 is 0 Å². The summed E-state index contributed by atoms with van der Waals surface area (Å²) >= 11 is 0. The normalized spacial score (nSPS) is 20.8. The summed E-state index contributed by atoms with van der Waals surface area (Å²) in [5, 5.41) is 2.86. The highest BCUT2D eigenvalue weighted by atomic mass is 16.7. The van der Waals surface area contributed by atoms with Crippen molar-refractivity contribution in [3.05, 3.63) is 58.0 Å². The third-order valence-corrected chi connectivity index (χ3v) is 6.33. The van der Waals surface area contributed by atoms with E-state index in [4.69, 9.17) is 9.47 Å². The molecule has 4 heterocycles. The van der Waals surface area contributed by atoms with Crippen molar-refractivity contribution in [2.75, 3.05) is 19.9 Å². The smallest absolute Gasteiger partial charge is 0.250 e. The van der Waals surface area contributed by atoms with Crippen molar-refractivity contribution in [1.82, 2.24) is 14.8 Å². The fourth-order valence-corrected chi connectivity index (χ4v) is 4.82. The molecule has 1 aromatic heterocycles. The maximum Gasteiger partial charge on any atom is 0.250 e. The molecule has 0 aliphatic carbocycles. The monoisotopic (exact) mass is 423 g/mol. The van der Waals surface area contributed by atoms with Crippen molar-refractivity contribution in [2.24, 2.45) is 5.92 Å². The molecule has 2 atom stereocenters. The summed E-state index contributed by atoms with van der Waals surface area (Å²) < 4.78 is 12.5. The Morgan fingerprint density at radius 2 is 1.90 bits per heavy atom. The zero-order chi connectivity index (χ0) is 21.4. The van der Waals surface area contributed by atoms with Gasteiger partial charge in [-0.05, 0) is 36.1 Å². The number of hydrogen-bond donors (Lipinski definition) is 1. The average molecular weight is 423 g/mol. The molecule has 31 heavy (non-hydrogen) atoms. The number of amides is 2. The van der Waals surface area contributed by atoms with E-state index in [1.54, 1.807) is 12.1 Å². The van der Waals surface area contributed by atoms with Gasteiger partial charge in [-0.15, -0.1) is 0 Å². The number of carbonyl (C=O) groups excluding carboxylic acids is 2. The zero-order valence-electron chi connectivity index (χ0n) is 17.2. The van der Waals surface area contributed by atoms with Gasteiger partial charge in [-0.1, -0.05) is 12.1 Å². The maximum absolute atomic E-state index is 12.8. The number of nitrogens with zero attached hydrogens (tertiary/aromatic N) is 2. The van der Waals surface area contributed by atoms with Crippen LogP contribution in [0.3, 0.4) is 0 Å². The molecule has 162 valence electrons. The van der Waals surface area contributed by atoms with Gasteiger partial charge in [0.1, 0.15) is 0 Å². The summed E-state index contributed by atoms with van der Waals surface area (Å²) in [6.07, 6.45) is 1.35. The van der Waals surface area contributed by atoms with Crippen LogP contribution in [-0.2, 0) is 22.7 Å². The van der Waals surface area contributed by atoms with Gasteiger partial charge in [0.15, 0.2) is 11.5 Å². The molecule has 5 rings (SSSR count). The summed E-state index contributed by atoms with van der Waals surface area (Å²) in [5.74, 6) is 1.71. The Hall–Kier alpha value is -3.29. The molecule has 8 nitrogen and oxygen atoms in total. The van der Waals surface area contributed by atoms with Gasteiger partial charge in [-0.25, -0.2) is 0 Å². The highest BCUT2D eigenvalue weighted by molar-refractivity contribution is 5.83. The predicted octanol–water partition coefficient (Wildman–Crippen LogP) is 1.62. The van der Waals surface area contributed by atoms with Gasteiger partial charge in [0.25, 0.3) is 5.56 Å². The molecule has 1 aromatic carbocycles. The molecule has 0 unspecified atom stereocenters. The lowest BCUT2D eigenvalue weighted by Gasteiger charge is -2.42. The second-order valence-corrected chi connectivity index (χ2v) is 8.46. The Morgan fingerprint density at radius 3 is 2.81 bits per heavy atom. The number of nitrogens with one attached hydrogen (secondary N) is 1. The first kappa shape index (κ1) is 19.7. The number of benzene rings is 1. The van der Waals surface area contributed by atoms with Gasteiger partial charge < -0.3 is 24.3 Å². The minimum Gasteiger partial charge on any atom is -0.454 e. The van der Waals surface area contributed by atoms with E-state index in [2.05, 4.69) is 5.32 Å². The minimum atomic E-state index is -0.153. The van der Waals surface area contributed by atoms with Crippen molar-refractivity contribution >= 4 is 11.8 Å². The van der Waals surface area contributed by atoms with Crippen molar-refractivity contribution in [1.29, 1.82) is 0 Å². The molecule has 2 amide bonds. The van der Waals surface area contributed by atoms with E-state index in [9.17, 15) is 14.4 Å². The van der Waals surface area contributed by atoms with Crippen molar-refractivity contribution in [3.8, 4) is 11.5 Å². The number of ether oxygens (including phenoxy) is 2. The molecular weight excluding hydrogens is 398 g/mol. The summed E-state index contributed by atoms with van der Waals surface area (Å²) in [6.45, 7) is 2.51. The SMILES string of the molecule is O=C(CCC(=O)N1C[C@@H]2C[C@H](C1)c1cccc(=O)n1C2)NCc1ccc2c(c1)OCO2. The van der Waals surface area contributed by atoms with Crippen LogP contribution in [0.5, 0.6) is 11.5 Å². The van der Waals surface area contributed by atoms with Gasteiger partial charge in [-0.3, -0.25) is 14.4 Å². The van der Waals surface area contributed by atoms with Crippen molar-refractivity contribution in [2.45, 2.75) is 38.3 Å². The first-order chi connectivity index (χ1) is 15.1. The highest BCUT2D eigenvalue weighted by Gasteiger charge is 2.36. The molecule has 3 aliphatic rings. The first-order valence-electron chi connectivity index (χ1n) is 10.7. The predicted molar refractivity (Wildman–Crippen MR) is 112 cm³/mol.